The van der Waals surface area contributed by atoms with Crippen LogP contribution in [0.2, 0.25) is 0 Å². The molecule has 0 unspecified atom stereocenters. The van der Waals surface area contributed by atoms with E-state index in [4.69, 9.17) is 5.73 Å². The van der Waals surface area contributed by atoms with Crippen molar-refractivity contribution in [3.8, 4) is 0 Å². The molecule has 1 aromatic heterocycles. The zero-order valence-corrected chi connectivity index (χ0v) is 9.98. The fourth-order valence-corrected chi connectivity index (χ4v) is 1.44. The molecule has 5 nitrogen and oxygen atoms in total. The Morgan fingerprint density at radius 3 is 2.71 bits per heavy atom. The smallest absolute Gasteiger partial charge is 0.319 e. The molecule has 0 aliphatic carbocycles. The van der Waals surface area contributed by atoms with Crippen molar-refractivity contribution >= 4 is 5.96 Å². The third-order valence-electron chi connectivity index (χ3n) is 2.43. The zero-order valence-electron chi connectivity index (χ0n) is 9.98. The molecule has 0 aliphatic heterocycles. The largest absolute Gasteiger partial charge is 0.370 e. The van der Waals surface area contributed by atoms with Gasteiger partial charge in [0, 0.05) is 25.5 Å². The van der Waals surface area contributed by atoms with Crippen molar-refractivity contribution in [1.29, 1.82) is 0 Å². The number of hydrogen-bond donors (Lipinski definition) is 1. The van der Waals surface area contributed by atoms with Gasteiger partial charge in [-0.2, -0.15) is 8.78 Å². The molecule has 0 aromatic carbocycles. The number of guanidine groups is 1. The highest BCUT2D eigenvalue weighted by molar-refractivity contribution is 5.77. The van der Waals surface area contributed by atoms with Gasteiger partial charge in [0.05, 0.1) is 0 Å². The van der Waals surface area contributed by atoms with Crippen LogP contribution in [0.5, 0.6) is 0 Å². The second-order valence-electron chi connectivity index (χ2n) is 3.38. The molecule has 1 rings (SSSR count). The fraction of sp³-hybridized carbons (Fsp3) is 0.600. The highest BCUT2D eigenvalue weighted by atomic mass is 19.3. The summed E-state index contributed by atoms with van der Waals surface area (Å²) < 4.78 is 25.8. The fourth-order valence-electron chi connectivity index (χ4n) is 1.44. The topological polar surface area (TPSA) is 59.4 Å². The normalized spacial score (nSPS) is 12.2. The monoisotopic (exact) mass is 245 g/mol. The van der Waals surface area contributed by atoms with Gasteiger partial charge in [-0.25, -0.2) is 9.98 Å². The maximum absolute atomic E-state index is 12.5. The molecule has 0 fully saturated rings. The van der Waals surface area contributed by atoms with Crippen molar-refractivity contribution in [3.63, 3.8) is 0 Å². The molecule has 96 valence electrons. The number of nitrogens with zero attached hydrogens (tertiary/aromatic N) is 4. The van der Waals surface area contributed by atoms with Crippen molar-refractivity contribution in [2.45, 2.75) is 26.9 Å². The highest BCUT2D eigenvalue weighted by Crippen LogP contribution is 2.12. The second-order valence-corrected chi connectivity index (χ2v) is 3.38. The van der Waals surface area contributed by atoms with Gasteiger partial charge in [0.25, 0.3) is 0 Å². The average Bonchev–Trinajstić information content (AvgIpc) is 2.76. The maximum Gasteiger partial charge on any atom is 0.319 e. The number of aliphatic imine (C=N–C) groups is 1. The molecule has 0 aliphatic rings. The minimum Gasteiger partial charge on any atom is -0.370 e. The predicted octanol–water partition coefficient (Wildman–Crippen LogP) is 1.43. The number of alkyl halides is 2. The standard InChI is InChI=1S/C10H17F2N5/c1-3-16(4-2)10(13)15-7-8-14-5-6-17(8)9(11)12/h5-6,9H,3-4,7H2,1-2H3,(H2,13,15). The number of aromatic nitrogens is 2. The van der Waals surface area contributed by atoms with Crippen molar-refractivity contribution in [2.24, 2.45) is 10.7 Å². The van der Waals surface area contributed by atoms with Crippen LogP contribution < -0.4 is 5.73 Å². The summed E-state index contributed by atoms with van der Waals surface area (Å²) in [5, 5.41) is 0. The van der Waals surface area contributed by atoms with Crippen molar-refractivity contribution < 1.29 is 8.78 Å². The Hall–Kier alpha value is -1.66. The lowest BCUT2D eigenvalue weighted by molar-refractivity contribution is 0.0671. The Morgan fingerprint density at radius 2 is 2.18 bits per heavy atom. The second kappa shape index (κ2) is 6.17. The van der Waals surface area contributed by atoms with E-state index in [0.29, 0.717) is 5.96 Å². The third kappa shape index (κ3) is 3.40. The Labute approximate surface area is 99.0 Å². The average molecular weight is 245 g/mol. The highest BCUT2D eigenvalue weighted by Gasteiger charge is 2.11. The van der Waals surface area contributed by atoms with E-state index in [1.165, 1.54) is 12.4 Å². The van der Waals surface area contributed by atoms with Crippen LogP contribution in [0.3, 0.4) is 0 Å². The van der Waals surface area contributed by atoms with E-state index in [9.17, 15) is 8.78 Å². The molecule has 0 saturated heterocycles. The van der Waals surface area contributed by atoms with Gasteiger partial charge in [-0.1, -0.05) is 0 Å². The first-order chi connectivity index (χ1) is 8.10. The maximum atomic E-state index is 12.5. The van der Waals surface area contributed by atoms with E-state index in [0.717, 1.165) is 17.7 Å². The quantitative estimate of drug-likeness (QED) is 0.630. The van der Waals surface area contributed by atoms with E-state index in [1.54, 1.807) is 0 Å². The van der Waals surface area contributed by atoms with Gasteiger partial charge >= 0.3 is 6.55 Å². The van der Waals surface area contributed by atoms with Gasteiger partial charge in [0.1, 0.15) is 12.4 Å². The molecule has 1 aromatic rings. The summed E-state index contributed by atoms with van der Waals surface area (Å²) >= 11 is 0. The Kier molecular flexibility index (Phi) is 4.86. The van der Waals surface area contributed by atoms with Crippen LogP contribution in [0, 0.1) is 0 Å². The summed E-state index contributed by atoms with van der Waals surface area (Å²) in [7, 11) is 0. The van der Waals surface area contributed by atoms with Crippen LogP contribution in [0.4, 0.5) is 8.78 Å². The van der Waals surface area contributed by atoms with Gasteiger partial charge in [-0.05, 0) is 13.8 Å². The summed E-state index contributed by atoms with van der Waals surface area (Å²) in [4.78, 5) is 9.72. The van der Waals surface area contributed by atoms with Gasteiger partial charge in [0.15, 0.2) is 5.96 Å². The molecule has 0 radical (unpaired) electrons. The molecule has 2 N–H and O–H groups in total. The Morgan fingerprint density at radius 1 is 1.53 bits per heavy atom. The van der Waals surface area contributed by atoms with E-state index < -0.39 is 6.55 Å². The number of imidazole rings is 1. The summed E-state index contributed by atoms with van der Waals surface area (Å²) in [6.45, 7) is 2.82. The first-order valence-corrected chi connectivity index (χ1v) is 5.44. The zero-order chi connectivity index (χ0) is 12.8. The molecule has 17 heavy (non-hydrogen) atoms. The molecule has 0 amide bonds. The molecule has 0 spiro atoms. The van der Waals surface area contributed by atoms with Crippen molar-refractivity contribution in [3.05, 3.63) is 18.2 Å². The number of hydrogen-bond acceptors (Lipinski definition) is 2. The minimum atomic E-state index is -2.60. The molecular formula is C10H17F2N5. The first-order valence-electron chi connectivity index (χ1n) is 5.44. The predicted molar refractivity (Wildman–Crippen MR) is 61.7 cm³/mol. The van der Waals surface area contributed by atoms with Gasteiger partial charge in [0.2, 0.25) is 0 Å². The van der Waals surface area contributed by atoms with Crippen LogP contribution in [0.15, 0.2) is 17.4 Å². The lowest BCUT2D eigenvalue weighted by Gasteiger charge is -2.19. The van der Waals surface area contributed by atoms with Gasteiger partial charge in [-0.15, -0.1) is 0 Å². The van der Waals surface area contributed by atoms with E-state index >= 15 is 0 Å². The van der Waals surface area contributed by atoms with Crippen LogP contribution in [-0.4, -0.2) is 33.5 Å². The lowest BCUT2D eigenvalue weighted by atomic mass is 10.5. The van der Waals surface area contributed by atoms with Gasteiger partial charge < -0.3 is 10.6 Å². The Balaban J connectivity index is 2.71. The van der Waals surface area contributed by atoms with Crippen molar-refractivity contribution in [2.75, 3.05) is 13.1 Å². The SMILES string of the molecule is CCN(CC)C(N)=NCc1nccn1C(F)F. The molecule has 0 bridgehead atoms. The molecular weight excluding hydrogens is 228 g/mol. The first kappa shape index (κ1) is 13.4. The van der Waals surface area contributed by atoms with Gasteiger partial charge in [-0.3, -0.25) is 4.57 Å². The van der Waals surface area contributed by atoms with Crippen LogP contribution >= 0.6 is 0 Å². The Bertz CT molecular complexity index is 371. The van der Waals surface area contributed by atoms with Crippen molar-refractivity contribution in [1.82, 2.24) is 14.5 Å². The van der Waals surface area contributed by atoms with E-state index in [1.807, 2.05) is 18.7 Å². The molecule has 1 heterocycles. The van der Waals surface area contributed by atoms with E-state index in [-0.39, 0.29) is 12.4 Å². The number of rotatable bonds is 5. The molecule has 0 saturated carbocycles. The van der Waals surface area contributed by atoms with E-state index in [2.05, 4.69) is 9.98 Å². The molecule has 7 heteroatoms. The number of halogens is 2. The molecule has 0 atom stereocenters. The van der Waals surface area contributed by atoms with Crippen LogP contribution in [-0.2, 0) is 6.54 Å². The number of nitrogens with two attached hydrogens (primary N) is 1. The summed E-state index contributed by atoms with van der Waals surface area (Å²) in [6.07, 6.45) is 2.55. The van der Waals surface area contributed by atoms with Crippen LogP contribution in [0.25, 0.3) is 0 Å². The lowest BCUT2D eigenvalue weighted by Crippen LogP contribution is -2.37. The van der Waals surface area contributed by atoms with Crippen LogP contribution in [0.1, 0.15) is 26.2 Å². The third-order valence-corrected chi connectivity index (χ3v) is 2.43. The summed E-state index contributed by atoms with van der Waals surface area (Å²) in [5.41, 5.74) is 5.73. The summed E-state index contributed by atoms with van der Waals surface area (Å²) in [5.74, 6) is 0.550. The summed E-state index contributed by atoms with van der Waals surface area (Å²) in [6, 6.07) is 0. The minimum absolute atomic E-state index is 0.0552.